The summed E-state index contributed by atoms with van der Waals surface area (Å²) >= 11 is 0. The zero-order valence-electron chi connectivity index (χ0n) is 38.9. The minimum absolute atomic E-state index is 0.00329. The highest BCUT2D eigenvalue weighted by Crippen LogP contribution is 2.54. The lowest BCUT2D eigenvalue weighted by Crippen LogP contribution is -2.47. The number of β-amino-alcohol motifs (C(OH)–C–C–N with tert-alkyl or cyclic N) is 1. The number of benzene rings is 2. The summed E-state index contributed by atoms with van der Waals surface area (Å²) in [7, 11) is 0. The van der Waals surface area contributed by atoms with Crippen molar-refractivity contribution >= 4 is 34.7 Å². The maximum atomic E-state index is 14.8. The number of phenolic OH excluding ortho intramolecular Hbond substituents is 2. The van der Waals surface area contributed by atoms with Gasteiger partial charge < -0.3 is 59.8 Å². The van der Waals surface area contributed by atoms with E-state index >= 15 is 0 Å². The number of piperazine rings is 1. The lowest BCUT2D eigenvalue weighted by Gasteiger charge is -2.37. The number of allylic oxidation sites excluding steroid dienone is 4. The number of phenols is 2. The van der Waals surface area contributed by atoms with Crippen LogP contribution in [0.5, 0.6) is 23.0 Å². The highest BCUT2D eigenvalue weighted by molar-refractivity contribution is 6.25. The quantitative estimate of drug-likeness (QED) is 0.208. The average molecular weight is 915 g/mol. The number of aliphatic hydroxyl groups is 4. The second-order valence-corrected chi connectivity index (χ2v) is 18.4. The lowest BCUT2D eigenvalue weighted by molar-refractivity contribution is -0.158. The second-order valence-electron chi connectivity index (χ2n) is 18.4. The van der Waals surface area contributed by atoms with Crippen LogP contribution in [0, 0.1) is 36.5 Å². The fraction of sp³-hybridized carbons (Fsp3) is 0.510. The van der Waals surface area contributed by atoms with Crippen molar-refractivity contribution in [3.8, 4) is 23.0 Å². The first-order valence-corrected chi connectivity index (χ1v) is 22.5. The van der Waals surface area contributed by atoms with Gasteiger partial charge in [-0.2, -0.15) is 0 Å². The van der Waals surface area contributed by atoms with Crippen LogP contribution in [-0.2, 0) is 19.1 Å². The average Bonchev–Trinajstić information content (AvgIpc) is 3.55. The molecule has 10 atom stereocenters. The van der Waals surface area contributed by atoms with Gasteiger partial charge in [0, 0.05) is 104 Å². The smallest absolute Gasteiger partial charge is 0.312 e. The fourth-order valence-electron chi connectivity index (χ4n) is 9.45. The summed E-state index contributed by atoms with van der Waals surface area (Å²) in [6.07, 6.45) is 3.07. The Hall–Kier alpha value is -5.72. The van der Waals surface area contributed by atoms with E-state index in [0.29, 0.717) is 38.4 Å². The Morgan fingerprint density at radius 1 is 0.939 bits per heavy atom. The molecule has 17 heteroatoms. The molecule has 5 heterocycles. The number of carbonyl (C=O) groups excluding carboxylic acids is 3. The molecule has 7 N–H and O–H groups in total. The third-order valence-corrected chi connectivity index (χ3v) is 13.9. The van der Waals surface area contributed by atoms with Crippen molar-refractivity contribution in [3.05, 3.63) is 82.0 Å². The van der Waals surface area contributed by atoms with Gasteiger partial charge in [-0.3, -0.25) is 19.3 Å². The molecule has 8 rings (SSSR count). The largest absolute Gasteiger partial charge is 0.507 e. The van der Waals surface area contributed by atoms with Crippen LogP contribution in [0.1, 0.15) is 88.5 Å². The van der Waals surface area contributed by atoms with E-state index < -0.39 is 77.3 Å². The highest BCUT2D eigenvalue weighted by atomic mass is 16.7. The zero-order valence-corrected chi connectivity index (χ0v) is 38.9. The van der Waals surface area contributed by atoms with Gasteiger partial charge in [0.05, 0.1) is 36.3 Å². The molecule has 2 aromatic rings. The molecule has 0 aromatic heterocycles. The van der Waals surface area contributed by atoms with E-state index in [2.05, 4.69) is 10.2 Å². The molecule has 0 spiro atoms. The van der Waals surface area contributed by atoms with Gasteiger partial charge in [-0.1, -0.05) is 52.8 Å². The molecule has 1 fully saturated rings. The maximum absolute atomic E-state index is 14.8. The zero-order chi connectivity index (χ0) is 48.1. The van der Waals surface area contributed by atoms with Gasteiger partial charge in [0.2, 0.25) is 0 Å². The molecule has 1 aliphatic carbocycles. The summed E-state index contributed by atoms with van der Waals surface area (Å²) in [5.74, 6) is -7.24. The number of nitrogens with zero attached hydrogens (tertiary/aromatic N) is 3. The van der Waals surface area contributed by atoms with Crippen molar-refractivity contribution in [2.24, 2.45) is 34.6 Å². The number of nitrogens with one attached hydrogen (secondary N) is 1. The Balaban J connectivity index is 1.37. The summed E-state index contributed by atoms with van der Waals surface area (Å²) in [6.45, 7) is 17.8. The number of hydrogen-bond acceptors (Lipinski definition) is 16. The highest BCUT2D eigenvalue weighted by Gasteiger charge is 2.53. The second kappa shape index (κ2) is 18.9. The van der Waals surface area contributed by atoms with Gasteiger partial charge in [0.15, 0.2) is 11.5 Å². The Kier molecular flexibility index (Phi) is 13.8. The van der Waals surface area contributed by atoms with Gasteiger partial charge in [0.1, 0.15) is 40.9 Å². The molecule has 5 aliphatic heterocycles. The minimum atomic E-state index is -2.01. The van der Waals surface area contributed by atoms with E-state index in [1.165, 1.54) is 33.1 Å². The van der Waals surface area contributed by atoms with E-state index in [1.807, 2.05) is 18.7 Å². The number of ketones is 1. The summed E-state index contributed by atoms with van der Waals surface area (Å²) in [5.41, 5.74) is 0.342. The fourth-order valence-corrected chi connectivity index (χ4v) is 9.45. The van der Waals surface area contributed by atoms with E-state index in [-0.39, 0.29) is 80.5 Å². The summed E-state index contributed by atoms with van der Waals surface area (Å²) in [5, 5.41) is 70.9. The molecule has 0 radical (unpaired) electrons. The van der Waals surface area contributed by atoms with Crippen LogP contribution >= 0.6 is 0 Å². The van der Waals surface area contributed by atoms with Crippen LogP contribution in [0.3, 0.4) is 0 Å². The van der Waals surface area contributed by atoms with Crippen LogP contribution < -0.4 is 19.7 Å². The molecule has 5 bridgehead atoms. The number of rotatable bonds is 4. The predicted molar refractivity (Wildman–Crippen MR) is 244 cm³/mol. The third kappa shape index (κ3) is 8.82. The van der Waals surface area contributed by atoms with E-state index in [0.717, 1.165) is 0 Å². The van der Waals surface area contributed by atoms with Crippen molar-refractivity contribution in [2.75, 3.05) is 44.2 Å². The molecule has 66 heavy (non-hydrogen) atoms. The molecule has 1 amide bonds. The molecule has 356 valence electrons. The minimum Gasteiger partial charge on any atom is -0.507 e. The molecule has 0 saturated carbocycles. The normalized spacial score (nSPS) is 32.4. The SMILES string of the molecule is CC(=O)O[C@H]1[C@H](C)[C@H](O)[C@H](C)[C@@H](O)[C@@H](C)/C=C/C=C(/C)C(=O)NC2=C3Oc4cc(N5CCN(CCO)CC5)cc(O)c4N=C3c3c4c(c(C)c(O)c3C2O)O[C@](C)(O/C=C/[C@H](C)[C@H]1C)C4=O. The number of hydrogen-bond donors (Lipinski definition) is 7. The first kappa shape index (κ1) is 48.2. The number of carbonyl (C=O) groups is 3. The summed E-state index contributed by atoms with van der Waals surface area (Å²) < 4.78 is 24.7. The van der Waals surface area contributed by atoms with Crippen LogP contribution in [0.15, 0.2) is 64.7 Å². The topological polar surface area (TPSA) is 240 Å². The van der Waals surface area contributed by atoms with Gasteiger partial charge in [-0.05, 0) is 31.8 Å². The monoisotopic (exact) mass is 914 g/mol. The molecule has 2 aromatic carbocycles. The summed E-state index contributed by atoms with van der Waals surface area (Å²) in [4.78, 5) is 50.2. The van der Waals surface area contributed by atoms with Crippen LogP contribution in [0.25, 0.3) is 0 Å². The van der Waals surface area contributed by atoms with Crippen LogP contribution in [-0.4, -0.2) is 122 Å². The molecule has 6 aliphatic rings. The van der Waals surface area contributed by atoms with E-state index in [4.69, 9.17) is 23.9 Å². The van der Waals surface area contributed by atoms with Crippen LogP contribution in [0.4, 0.5) is 11.4 Å². The van der Waals surface area contributed by atoms with Crippen molar-refractivity contribution in [2.45, 2.75) is 92.5 Å². The van der Waals surface area contributed by atoms with Gasteiger partial charge in [-0.15, -0.1) is 0 Å². The van der Waals surface area contributed by atoms with Crippen molar-refractivity contribution in [1.82, 2.24) is 10.2 Å². The maximum Gasteiger partial charge on any atom is 0.312 e. The van der Waals surface area contributed by atoms with Crippen molar-refractivity contribution in [3.63, 3.8) is 0 Å². The number of anilines is 1. The van der Waals surface area contributed by atoms with E-state index in [1.54, 1.807) is 58.1 Å². The number of Topliss-reactive ketones (excluding diaryl/α,β-unsaturated/α-hetero) is 1. The first-order valence-electron chi connectivity index (χ1n) is 22.5. The summed E-state index contributed by atoms with van der Waals surface area (Å²) in [6, 6.07) is 3.24. The number of fused-ring (bicyclic) bond motifs is 14. The standard InChI is InChI=1S/C49H62N4O13/c1-23-13-20-63-49(9)47(61)36-34-35(42(59)29(7)45(36)66-49)43(60)39(46-38(34)50-37-32(56)21-31(22-33(37)65-46)53-16-14-52(15-17-53)18-19-54)51-48(62)25(3)12-10-11-24(2)40(57)27(5)41(58)28(6)44(26(23)4)64-30(8)55/h10-13,20-24,26-28,40-41,43-44,54,56-60H,14-19H2,1-9H3,(H,51,62)/b11-10+,20-13+,25-12-/t23-,24-,26+,27+,28+,40-,41+,43?,44+,49-/m0/s1. The number of aliphatic hydroxyl groups excluding tert-OH is 4. The predicted octanol–water partition coefficient (Wildman–Crippen LogP) is 4.58. The first-order chi connectivity index (χ1) is 31.2. The number of amides is 1. The Morgan fingerprint density at radius 2 is 1.64 bits per heavy atom. The van der Waals surface area contributed by atoms with Gasteiger partial charge in [0.25, 0.3) is 11.7 Å². The molecule has 17 nitrogen and oxygen atoms in total. The van der Waals surface area contributed by atoms with Gasteiger partial charge in [-0.25, -0.2) is 4.99 Å². The molecular formula is C49H62N4O13. The number of esters is 1. The Bertz CT molecular complexity index is 2430. The van der Waals surface area contributed by atoms with Gasteiger partial charge >= 0.3 is 11.8 Å². The van der Waals surface area contributed by atoms with Crippen molar-refractivity contribution < 1.29 is 64.0 Å². The molecule has 1 unspecified atom stereocenters. The number of aliphatic imine (C=N–C) groups is 1. The molecular weight excluding hydrogens is 853 g/mol. The lowest BCUT2D eigenvalue weighted by atomic mass is 9.77. The Morgan fingerprint density at radius 3 is 2.30 bits per heavy atom. The number of aromatic hydroxyl groups is 2. The van der Waals surface area contributed by atoms with E-state index in [9.17, 15) is 45.0 Å². The molecule has 1 saturated heterocycles. The van der Waals surface area contributed by atoms with Crippen LogP contribution in [0.2, 0.25) is 0 Å². The number of ether oxygens (including phenoxy) is 4. The third-order valence-electron chi connectivity index (χ3n) is 13.9. The Labute approximate surface area is 384 Å². The van der Waals surface area contributed by atoms with Crippen molar-refractivity contribution in [1.29, 1.82) is 0 Å².